The minimum Gasteiger partial charge on any atom is -0.446 e. The van der Waals surface area contributed by atoms with Crippen LogP contribution in [0.5, 0.6) is 0 Å². The highest BCUT2D eigenvalue weighted by Gasteiger charge is 2.31. The summed E-state index contributed by atoms with van der Waals surface area (Å²) in [5, 5.41) is 3.28. The summed E-state index contributed by atoms with van der Waals surface area (Å²) in [7, 11) is 0. The molecule has 1 rings (SSSR count). The lowest BCUT2D eigenvalue weighted by Crippen LogP contribution is -2.53. The molecule has 106 valence electrons. The van der Waals surface area contributed by atoms with Gasteiger partial charge in [-0.2, -0.15) is 0 Å². The van der Waals surface area contributed by atoms with E-state index in [0.717, 1.165) is 32.5 Å². The first-order chi connectivity index (χ1) is 8.36. The summed E-state index contributed by atoms with van der Waals surface area (Å²) in [6, 6.07) is 0.216. The number of hydrogen-bond donors (Lipinski definition) is 1. The minimum absolute atomic E-state index is 0.00270. The van der Waals surface area contributed by atoms with Crippen molar-refractivity contribution in [2.24, 2.45) is 5.41 Å². The van der Waals surface area contributed by atoms with Crippen LogP contribution in [-0.2, 0) is 4.74 Å². The van der Waals surface area contributed by atoms with Crippen molar-refractivity contribution in [3.05, 3.63) is 0 Å². The Balaban J connectivity index is 2.60. The second-order valence-electron chi connectivity index (χ2n) is 6.27. The molecule has 1 heterocycles. The Kier molecular flexibility index (Phi) is 5.45. The number of piperazine rings is 1. The van der Waals surface area contributed by atoms with Crippen LogP contribution in [-0.4, -0.2) is 42.8 Å². The maximum Gasteiger partial charge on any atom is 0.410 e. The van der Waals surface area contributed by atoms with Crippen LogP contribution in [0.4, 0.5) is 4.79 Å². The first-order valence-electron chi connectivity index (χ1n) is 7.04. The topological polar surface area (TPSA) is 41.6 Å². The van der Waals surface area contributed by atoms with E-state index in [9.17, 15) is 4.79 Å². The Morgan fingerprint density at radius 3 is 2.67 bits per heavy atom. The van der Waals surface area contributed by atoms with Gasteiger partial charge in [0.1, 0.15) is 6.10 Å². The van der Waals surface area contributed by atoms with Gasteiger partial charge in [-0.05, 0) is 18.8 Å². The first kappa shape index (κ1) is 15.3. The van der Waals surface area contributed by atoms with E-state index in [0.29, 0.717) is 0 Å². The van der Waals surface area contributed by atoms with Gasteiger partial charge in [-0.25, -0.2) is 4.79 Å². The summed E-state index contributed by atoms with van der Waals surface area (Å²) in [5.74, 6) is 0. The van der Waals surface area contributed by atoms with Crippen LogP contribution in [0.1, 0.15) is 47.5 Å². The van der Waals surface area contributed by atoms with Crippen LogP contribution in [0.3, 0.4) is 0 Å². The Labute approximate surface area is 111 Å². The van der Waals surface area contributed by atoms with Crippen molar-refractivity contribution in [1.29, 1.82) is 0 Å². The monoisotopic (exact) mass is 256 g/mol. The first-order valence-corrected chi connectivity index (χ1v) is 7.04. The third-order valence-electron chi connectivity index (χ3n) is 3.50. The highest BCUT2D eigenvalue weighted by Crippen LogP contribution is 2.26. The molecule has 0 aromatic carbocycles. The van der Waals surface area contributed by atoms with Crippen molar-refractivity contribution in [3.8, 4) is 0 Å². The van der Waals surface area contributed by atoms with Gasteiger partial charge in [0.05, 0.1) is 0 Å². The molecular weight excluding hydrogens is 228 g/mol. The van der Waals surface area contributed by atoms with Crippen LogP contribution in [0.2, 0.25) is 0 Å². The number of carbonyl (C=O) groups is 1. The molecule has 1 aliphatic rings. The molecule has 0 aromatic heterocycles. The summed E-state index contributed by atoms with van der Waals surface area (Å²) in [6.07, 6.45) is 1.80. The molecule has 0 aliphatic carbocycles. The zero-order valence-electron chi connectivity index (χ0n) is 12.5. The fourth-order valence-corrected chi connectivity index (χ4v) is 2.23. The summed E-state index contributed by atoms with van der Waals surface area (Å²) in [5.41, 5.74) is 0.00292. The zero-order valence-corrected chi connectivity index (χ0v) is 12.5. The molecule has 4 nitrogen and oxygen atoms in total. The average Bonchev–Trinajstić information content (AvgIpc) is 2.27. The van der Waals surface area contributed by atoms with E-state index < -0.39 is 0 Å². The summed E-state index contributed by atoms with van der Waals surface area (Å²) >= 11 is 0. The standard InChI is InChI=1S/C14H28N2O2/c1-6-7-12(14(3,4)5)18-13(17)16-9-8-15-10-11(16)2/h11-12,15H,6-10H2,1-5H3. The van der Waals surface area contributed by atoms with Gasteiger partial charge < -0.3 is 15.0 Å². The molecule has 1 fully saturated rings. The van der Waals surface area contributed by atoms with Gasteiger partial charge in [-0.1, -0.05) is 34.1 Å². The second kappa shape index (κ2) is 6.41. The van der Waals surface area contributed by atoms with E-state index in [1.165, 1.54) is 0 Å². The Hall–Kier alpha value is -0.770. The predicted molar refractivity (Wildman–Crippen MR) is 73.7 cm³/mol. The minimum atomic E-state index is -0.155. The van der Waals surface area contributed by atoms with Crippen molar-refractivity contribution < 1.29 is 9.53 Å². The van der Waals surface area contributed by atoms with Gasteiger partial charge in [0.15, 0.2) is 0 Å². The van der Waals surface area contributed by atoms with Crippen molar-refractivity contribution in [2.45, 2.75) is 59.6 Å². The van der Waals surface area contributed by atoms with Gasteiger partial charge in [0.2, 0.25) is 0 Å². The SMILES string of the molecule is CCCC(OC(=O)N1CCNCC1C)C(C)(C)C. The number of amides is 1. The van der Waals surface area contributed by atoms with E-state index in [1.54, 1.807) is 0 Å². The van der Waals surface area contributed by atoms with Crippen molar-refractivity contribution >= 4 is 6.09 Å². The molecule has 1 saturated heterocycles. The van der Waals surface area contributed by atoms with Crippen molar-refractivity contribution in [3.63, 3.8) is 0 Å². The number of nitrogens with zero attached hydrogens (tertiary/aromatic N) is 1. The molecule has 1 aliphatic heterocycles. The number of hydrogen-bond acceptors (Lipinski definition) is 3. The highest BCUT2D eigenvalue weighted by molar-refractivity contribution is 5.68. The van der Waals surface area contributed by atoms with Gasteiger partial charge in [0, 0.05) is 25.7 Å². The molecule has 18 heavy (non-hydrogen) atoms. The molecule has 0 bridgehead atoms. The van der Waals surface area contributed by atoms with E-state index in [-0.39, 0.29) is 23.7 Å². The number of carbonyl (C=O) groups excluding carboxylic acids is 1. The van der Waals surface area contributed by atoms with Crippen LogP contribution in [0.15, 0.2) is 0 Å². The van der Waals surface area contributed by atoms with E-state index in [1.807, 2.05) is 4.90 Å². The lowest BCUT2D eigenvalue weighted by Gasteiger charge is -2.37. The second-order valence-corrected chi connectivity index (χ2v) is 6.27. The molecular formula is C14H28N2O2. The predicted octanol–water partition coefficient (Wildman–Crippen LogP) is 2.63. The Morgan fingerprint density at radius 2 is 2.17 bits per heavy atom. The van der Waals surface area contributed by atoms with Crippen molar-refractivity contribution in [2.75, 3.05) is 19.6 Å². The Bertz CT molecular complexity index is 273. The maximum absolute atomic E-state index is 12.2. The largest absolute Gasteiger partial charge is 0.446 e. The maximum atomic E-state index is 12.2. The third kappa shape index (κ3) is 4.16. The lowest BCUT2D eigenvalue weighted by atomic mass is 9.86. The highest BCUT2D eigenvalue weighted by atomic mass is 16.6. The molecule has 0 aromatic rings. The molecule has 2 atom stereocenters. The normalized spacial score (nSPS) is 22.7. The molecule has 0 radical (unpaired) electrons. The summed E-state index contributed by atoms with van der Waals surface area (Å²) < 4.78 is 5.72. The Morgan fingerprint density at radius 1 is 1.50 bits per heavy atom. The van der Waals surface area contributed by atoms with Crippen molar-refractivity contribution in [1.82, 2.24) is 10.2 Å². The lowest BCUT2D eigenvalue weighted by molar-refractivity contribution is -0.00303. The third-order valence-corrected chi connectivity index (χ3v) is 3.50. The van der Waals surface area contributed by atoms with Crippen LogP contribution in [0, 0.1) is 5.41 Å². The van der Waals surface area contributed by atoms with Gasteiger partial charge in [0.25, 0.3) is 0 Å². The molecule has 1 N–H and O–H groups in total. The molecule has 0 saturated carbocycles. The summed E-state index contributed by atoms with van der Waals surface area (Å²) in [6.45, 7) is 13.0. The molecule has 2 unspecified atom stereocenters. The number of nitrogens with one attached hydrogen (secondary N) is 1. The van der Waals surface area contributed by atoms with Gasteiger partial charge >= 0.3 is 6.09 Å². The fraction of sp³-hybridized carbons (Fsp3) is 0.929. The van der Waals surface area contributed by atoms with Crippen LogP contribution >= 0.6 is 0 Å². The molecule has 0 spiro atoms. The fourth-order valence-electron chi connectivity index (χ4n) is 2.23. The quantitative estimate of drug-likeness (QED) is 0.844. The number of ether oxygens (including phenoxy) is 1. The average molecular weight is 256 g/mol. The molecule has 1 amide bonds. The zero-order chi connectivity index (χ0) is 13.8. The summed E-state index contributed by atoms with van der Waals surface area (Å²) in [4.78, 5) is 14.1. The van der Waals surface area contributed by atoms with E-state index in [4.69, 9.17) is 4.74 Å². The van der Waals surface area contributed by atoms with Gasteiger partial charge in [-0.15, -0.1) is 0 Å². The molecule has 4 heteroatoms. The van der Waals surface area contributed by atoms with Gasteiger partial charge in [-0.3, -0.25) is 0 Å². The van der Waals surface area contributed by atoms with E-state index >= 15 is 0 Å². The van der Waals surface area contributed by atoms with Crippen LogP contribution in [0.25, 0.3) is 0 Å². The van der Waals surface area contributed by atoms with Crippen LogP contribution < -0.4 is 5.32 Å². The van der Waals surface area contributed by atoms with E-state index in [2.05, 4.69) is 39.9 Å². The number of rotatable bonds is 3. The smallest absolute Gasteiger partial charge is 0.410 e.